The maximum Gasteiger partial charge on any atom is 0.232 e. The first-order valence-electron chi connectivity index (χ1n) is 7.73. The summed E-state index contributed by atoms with van der Waals surface area (Å²) in [6.07, 6.45) is 4.82. The Kier molecular flexibility index (Phi) is 4.94. The number of hydrogen-bond acceptors (Lipinski definition) is 5. The summed E-state index contributed by atoms with van der Waals surface area (Å²) in [5.74, 6) is -2.15. The first-order valence-corrected chi connectivity index (χ1v) is 9.38. The molecule has 1 aromatic carbocycles. The molecule has 0 saturated heterocycles. The monoisotopic (exact) mass is 379 g/mol. The van der Waals surface area contributed by atoms with Gasteiger partial charge in [0.25, 0.3) is 0 Å². The maximum atomic E-state index is 14.7. The van der Waals surface area contributed by atoms with Crippen LogP contribution in [0.25, 0.3) is 16.9 Å². The highest BCUT2D eigenvalue weighted by Crippen LogP contribution is 2.26. The van der Waals surface area contributed by atoms with Gasteiger partial charge in [-0.1, -0.05) is 12.1 Å². The molecule has 136 valence electrons. The van der Waals surface area contributed by atoms with Crippen LogP contribution in [0.4, 0.5) is 14.5 Å². The lowest BCUT2D eigenvalue weighted by atomic mass is 10.2. The number of nitrogens with one attached hydrogen (secondary N) is 1. The van der Waals surface area contributed by atoms with Crippen molar-refractivity contribution in [1.82, 2.24) is 20.0 Å². The SMILES string of the molecule is CCCS(=O)(=O)Nc1ccc(F)c(-n2cc(-c3cccnc3)nn2)c1F. The van der Waals surface area contributed by atoms with E-state index in [0.29, 0.717) is 17.7 Å². The highest BCUT2D eigenvalue weighted by molar-refractivity contribution is 7.92. The van der Waals surface area contributed by atoms with E-state index in [1.165, 1.54) is 12.4 Å². The van der Waals surface area contributed by atoms with Crippen molar-refractivity contribution >= 4 is 15.7 Å². The Balaban J connectivity index is 2.01. The third-order valence-corrected chi connectivity index (χ3v) is 4.96. The van der Waals surface area contributed by atoms with E-state index in [9.17, 15) is 17.2 Å². The van der Waals surface area contributed by atoms with Gasteiger partial charge in [0.2, 0.25) is 10.0 Å². The van der Waals surface area contributed by atoms with Crippen LogP contribution < -0.4 is 4.72 Å². The third kappa shape index (κ3) is 3.69. The van der Waals surface area contributed by atoms with Crippen molar-refractivity contribution < 1.29 is 17.2 Å². The summed E-state index contributed by atoms with van der Waals surface area (Å²) in [7, 11) is -3.72. The normalized spacial score (nSPS) is 11.5. The molecule has 0 aliphatic carbocycles. The Morgan fingerprint density at radius 1 is 1.23 bits per heavy atom. The lowest BCUT2D eigenvalue weighted by molar-refractivity contribution is 0.558. The number of rotatable bonds is 6. The molecule has 3 rings (SSSR count). The molecule has 0 bridgehead atoms. The number of hydrogen-bond donors (Lipinski definition) is 1. The van der Waals surface area contributed by atoms with Crippen molar-refractivity contribution in [1.29, 1.82) is 0 Å². The molecule has 0 fully saturated rings. The van der Waals surface area contributed by atoms with Gasteiger partial charge in [0.1, 0.15) is 11.4 Å². The van der Waals surface area contributed by atoms with Crippen molar-refractivity contribution in [2.45, 2.75) is 13.3 Å². The average Bonchev–Trinajstić information content (AvgIpc) is 3.08. The molecular formula is C16H15F2N5O2S. The van der Waals surface area contributed by atoms with E-state index < -0.39 is 27.3 Å². The van der Waals surface area contributed by atoms with Crippen LogP contribution in [0.3, 0.4) is 0 Å². The smallest absolute Gasteiger partial charge is 0.232 e. The summed E-state index contributed by atoms with van der Waals surface area (Å²) < 4.78 is 55.7. The lowest BCUT2D eigenvalue weighted by Crippen LogP contribution is -2.18. The van der Waals surface area contributed by atoms with Gasteiger partial charge in [0.05, 0.1) is 17.6 Å². The maximum absolute atomic E-state index is 14.7. The van der Waals surface area contributed by atoms with E-state index in [1.807, 2.05) is 0 Å². The van der Waals surface area contributed by atoms with E-state index in [4.69, 9.17) is 0 Å². The standard InChI is InChI=1S/C16H15F2N5O2S/c1-2-8-26(24,25)21-13-6-5-12(17)16(15(13)18)23-10-14(20-22-23)11-4-3-7-19-9-11/h3-7,9-10,21H,2,8H2,1H3. The zero-order valence-electron chi connectivity index (χ0n) is 13.7. The summed E-state index contributed by atoms with van der Waals surface area (Å²) >= 11 is 0. The Hall–Kier alpha value is -2.88. The molecular weight excluding hydrogens is 364 g/mol. The highest BCUT2D eigenvalue weighted by atomic mass is 32.2. The minimum absolute atomic E-state index is 0.173. The number of halogens is 2. The van der Waals surface area contributed by atoms with E-state index in [2.05, 4.69) is 20.0 Å². The molecule has 0 amide bonds. The molecule has 26 heavy (non-hydrogen) atoms. The number of anilines is 1. The summed E-state index contributed by atoms with van der Waals surface area (Å²) in [5, 5.41) is 7.62. The van der Waals surface area contributed by atoms with Gasteiger partial charge in [0.15, 0.2) is 11.6 Å². The number of sulfonamides is 1. The van der Waals surface area contributed by atoms with Gasteiger partial charge < -0.3 is 0 Å². The molecule has 1 N–H and O–H groups in total. The predicted octanol–water partition coefficient (Wildman–Crippen LogP) is 2.76. The van der Waals surface area contributed by atoms with Crippen LogP contribution in [0.15, 0.2) is 42.9 Å². The summed E-state index contributed by atoms with van der Waals surface area (Å²) in [6, 6.07) is 5.41. The molecule has 2 aromatic heterocycles. The summed E-state index contributed by atoms with van der Waals surface area (Å²) in [5.41, 5.74) is 0.117. The average molecular weight is 379 g/mol. The second-order valence-electron chi connectivity index (χ2n) is 5.47. The molecule has 0 atom stereocenters. The molecule has 2 heterocycles. The molecule has 3 aromatic rings. The van der Waals surface area contributed by atoms with Gasteiger partial charge in [-0.2, -0.15) is 0 Å². The van der Waals surface area contributed by atoms with Crippen molar-refractivity contribution in [2.75, 3.05) is 10.5 Å². The first kappa shape index (κ1) is 17.9. The minimum Gasteiger partial charge on any atom is -0.280 e. The van der Waals surface area contributed by atoms with E-state index in [1.54, 1.807) is 25.3 Å². The van der Waals surface area contributed by atoms with Crippen LogP contribution in [-0.4, -0.2) is 34.1 Å². The Bertz CT molecular complexity index is 1020. The Morgan fingerprint density at radius 3 is 2.73 bits per heavy atom. The molecule has 0 unspecified atom stereocenters. The van der Waals surface area contributed by atoms with Gasteiger partial charge >= 0.3 is 0 Å². The highest BCUT2D eigenvalue weighted by Gasteiger charge is 2.20. The van der Waals surface area contributed by atoms with Crippen LogP contribution in [0.1, 0.15) is 13.3 Å². The molecule has 7 nitrogen and oxygen atoms in total. The third-order valence-electron chi connectivity index (χ3n) is 3.49. The Morgan fingerprint density at radius 2 is 2.04 bits per heavy atom. The zero-order valence-corrected chi connectivity index (χ0v) is 14.5. The van der Waals surface area contributed by atoms with Crippen LogP contribution in [0.2, 0.25) is 0 Å². The molecule has 0 aliphatic heterocycles. The predicted molar refractivity (Wildman–Crippen MR) is 92.2 cm³/mol. The number of benzene rings is 1. The molecule has 0 radical (unpaired) electrons. The molecule has 0 saturated carbocycles. The second-order valence-corrected chi connectivity index (χ2v) is 7.31. The van der Waals surface area contributed by atoms with Crippen LogP contribution >= 0.6 is 0 Å². The summed E-state index contributed by atoms with van der Waals surface area (Å²) in [4.78, 5) is 3.95. The second kappa shape index (κ2) is 7.16. The van der Waals surface area contributed by atoms with E-state index >= 15 is 0 Å². The van der Waals surface area contributed by atoms with Crippen LogP contribution in [0, 0.1) is 11.6 Å². The topological polar surface area (TPSA) is 89.8 Å². The van der Waals surface area contributed by atoms with Gasteiger partial charge in [-0.05, 0) is 30.7 Å². The Labute approximate surface area is 148 Å². The number of aromatic nitrogens is 4. The number of pyridine rings is 1. The van der Waals surface area contributed by atoms with Crippen LogP contribution in [0.5, 0.6) is 0 Å². The minimum atomic E-state index is -3.72. The van der Waals surface area contributed by atoms with Crippen molar-refractivity contribution in [2.24, 2.45) is 0 Å². The fraction of sp³-hybridized carbons (Fsp3) is 0.188. The summed E-state index contributed by atoms with van der Waals surface area (Å²) in [6.45, 7) is 1.68. The quantitative estimate of drug-likeness (QED) is 0.711. The van der Waals surface area contributed by atoms with E-state index in [0.717, 1.165) is 16.8 Å². The zero-order chi connectivity index (χ0) is 18.7. The largest absolute Gasteiger partial charge is 0.280 e. The van der Waals surface area contributed by atoms with Gasteiger partial charge in [-0.3, -0.25) is 9.71 Å². The molecule has 0 aliphatic rings. The van der Waals surface area contributed by atoms with Crippen molar-refractivity contribution in [3.8, 4) is 16.9 Å². The fourth-order valence-electron chi connectivity index (χ4n) is 2.34. The van der Waals surface area contributed by atoms with E-state index in [-0.39, 0.29) is 11.4 Å². The van der Waals surface area contributed by atoms with Crippen LogP contribution in [-0.2, 0) is 10.0 Å². The molecule has 10 heteroatoms. The first-order chi connectivity index (χ1) is 12.4. The lowest BCUT2D eigenvalue weighted by Gasteiger charge is -2.11. The van der Waals surface area contributed by atoms with Gasteiger partial charge in [-0.15, -0.1) is 5.10 Å². The molecule has 0 spiro atoms. The van der Waals surface area contributed by atoms with Gasteiger partial charge in [-0.25, -0.2) is 21.9 Å². The number of nitrogens with zero attached hydrogens (tertiary/aromatic N) is 4. The van der Waals surface area contributed by atoms with Crippen molar-refractivity contribution in [3.63, 3.8) is 0 Å². The fourth-order valence-corrected chi connectivity index (χ4v) is 3.47. The van der Waals surface area contributed by atoms with Crippen molar-refractivity contribution in [3.05, 3.63) is 54.5 Å². The van der Waals surface area contributed by atoms with Gasteiger partial charge in [0, 0.05) is 18.0 Å².